The lowest BCUT2D eigenvalue weighted by Gasteiger charge is -2.15. The van der Waals surface area contributed by atoms with Crippen LogP contribution in [0.1, 0.15) is 24.8 Å². The van der Waals surface area contributed by atoms with Gasteiger partial charge in [-0.05, 0) is 30.5 Å². The summed E-state index contributed by atoms with van der Waals surface area (Å²) in [6.07, 6.45) is 2.82. The first kappa shape index (κ1) is 12.1. The smallest absolute Gasteiger partial charge is 0.229 e. The van der Waals surface area contributed by atoms with Crippen molar-refractivity contribution >= 4 is 11.6 Å². The Balaban J connectivity index is 2.02. The van der Waals surface area contributed by atoms with Crippen LogP contribution >= 0.6 is 0 Å². The van der Waals surface area contributed by atoms with Crippen molar-refractivity contribution < 1.29 is 9.90 Å². The number of hydrogen-bond acceptors (Lipinski definition) is 3. The van der Waals surface area contributed by atoms with Crippen molar-refractivity contribution in [1.82, 2.24) is 0 Å². The quantitative estimate of drug-likeness (QED) is 0.736. The van der Waals surface area contributed by atoms with Crippen molar-refractivity contribution in [3.63, 3.8) is 0 Å². The second-order valence-electron chi connectivity index (χ2n) is 4.55. The molecule has 2 atom stereocenters. The zero-order valence-electron chi connectivity index (χ0n) is 9.73. The summed E-state index contributed by atoms with van der Waals surface area (Å²) in [5.74, 6) is -0.0853. The number of rotatable bonds is 3. The number of nitrogens with two attached hydrogens (primary N) is 1. The highest BCUT2D eigenvalue weighted by atomic mass is 16.3. The van der Waals surface area contributed by atoms with E-state index in [1.54, 1.807) is 6.07 Å². The lowest BCUT2D eigenvalue weighted by Crippen LogP contribution is -2.34. The van der Waals surface area contributed by atoms with Crippen LogP contribution in [-0.2, 0) is 11.4 Å². The largest absolute Gasteiger partial charge is 0.392 e. The maximum atomic E-state index is 12.0. The molecule has 0 bridgehead atoms. The van der Waals surface area contributed by atoms with Gasteiger partial charge in [0.2, 0.25) is 5.91 Å². The summed E-state index contributed by atoms with van der Waals surface area (Å²) >= 11 is 0. The molecule has 0 radical (unpaired) electrons. The standard InChI is InChI=1S/C13H18N2O2/c14-12-6-2-5-11(12)13(17)15-10-4-1-3-9(7-10)8-16/h1,3-4,7,11-12,16H,2,5-6,8,14H2,(H,15,17). The van der Waals surface area contributed by atoms with Crippen molar-refractivity contribution in [2.24, 2.45) is 11.7 Å². The number of carbonyl (C=O) groups excluding carboxylic acids is 1. The maximum absolute atomic E-state index is 12.0. The maximum Gasteiger partial charge on any atom is 0.229 e. The molecule has 1 aliphatic carbocycles. The molecule has 0 aliphatic heterocycles. The second-order valence-corrected chi connectivity index (χ2v) is 4.55. The molecule has 1 amide bonds. The summed E-state index contributed by atoms with van der Waals surface area (Å²) < 4.78 is 0. The summed E-state index contributed by atoms with van der Waals surface area (Å²) in [6.45, 7) is -0.0212. The van der Waals surface area contributed by atoms with Gasteiger partial charge in [-0.3, -0.25) is 4.79 Å². The van der Waals surface area contributed by atoms with Gasteiger partial charge >= 0.3 is 0 Å². The summed E-state index contributed by atoms with van der Waals surface area (Å²) in [6, 6.07) is 7.21. The van der Waals surface area contributed by atoms with Crippen LogP contribution in [0.2, 0.25) is 0 Å². The predicted molar refractivity (Wildman–Crippen MR) is 66.3 cm³/mol. The Hall–Kier alpha value is -1.39. The molecule has 92 valence electrons. The van der Waals surface area contributed by atoms with Crippen molar-refractivity contribution in [2.75, 3.05) is 5.32 Å². The molecule has 4 nitrogen and oxygen atoms in total. The van der Waals surface area contributed by atoms with Crippen LogP contribution in [0.4, 0.5) is 5.69 Å². The van der Waals surface area contributed by atoms with Gasteiger partial charge in [-0.1, -0.05) is 18.6 Å². The van der Waals surface area contributed by atoms with E-state index in [2.05, 4.69) is 5.32 Å². The topological polar surface area (TPSA) is 75.4 Å². The number of amides is 1. The number of aliphatic hydroxyl groups excluding tert-OH is 1. The average molecular weight is 234 g/mol. The highest BCUT2D eigenvalue weighted by Crippen LogP contribution is 2.25. The third-order valence-corrected chi connectivity index (χ3v) is 3.28. The van der Waals surface area contributed by atoms with E-state index in [1.165, 1.54) is 0 Å². The molecular weight excluding hydrogens is 216 g/mol. The average Bonchev–Trinajstić information content (AvgIpc) is 2.76. The first-order valence-electron chi connectivity index (χ1n) is 5.97. The molecule has 1 fully saturated rings. The van der Waals surface area contributed by atoms with Crippen LogP contribution < -0.4 is 11.1 Å². The zero-order chi connectivity index (χ0) is 12.3. The molecule has 2 unspecified atom stereocenters. The third kappa shape index (κ3) is 2.84. The number of hydrogen-bond donors (Lipinski definition) is 3. The van der Waals surface area contributed by atoms with Crippen LogP contribution in [0.25, 0.3) is 0 Å². The number of benzene rings is 1. The number of nitrogens with one attached hydrogen (secondary N) is 1. The van der Waals surface area contributed by atoms with Crippen molar-refractivity contribution in [3.8, 4) is 0 Å². The Morgan fingerprint density at radius 1 is 1.47 bits per heavy atom. The van der Waals surface area contributed by atoms with E-state index in [-0.39, 0.29) is 24.5 Å². The molecule has 0 spiro atoms. The van der Waals surface area contributed by atoms with Gasteiger partial charge in [0.25, 0.3) is 0 Å². The molecule has 1 aromatic rings. The Morgan fingerprint density at radius 2 is 2.29 bits per heavy atom. The molecule has 4 N–H and O–H groups in total. The van der Waals surface area contributed by atoms with Gasteiger partial charge in [0.15, 0.2) is 0 Å². The summed E-state index contributed by atoms with van der Waals surface area (Å²) in [4.78, 5) is 12.0. The normalized spacial score (nSPS) is 23.6. The molecule has 0 aromatic heterocycles. The molecule has 1 aromatic carbocycles. The first-order valence-corrected chi connectivity index (χ1v) is 5.97. The van der Waals surface area contributed by atoms with Gasteiger partial charge in [-0.15, -0.1) is 0 Å². The molecule has 1 saturated carbocycles. The molecular formula is C13H18N2O2. The van der Waals surface area contributed by atoms with Crippen LogP contribution in [0.3, 0.4) is 0 Å². The fourth-order valence-electron chi connectivity index (χ4n) is 2.30. The molecule has 0 heterocycles. The van der Waals surface area contributed by atoms with Crippen LogP contribution in [-0.4, -0.2) is 17.1 Å². The molecule has 2 rings (SSSR count). The Kier molecular flexibility index (Phi) is 3.76. The Bertz CT molecular complexity index is 406. The van der Waals surface area contributed by atoms with Crippen LogP contribution in [0.5, 0.6) is 0 Å². The fourth-order valence-corrected chi connectivity index (χ4v) is 2.30. The van der Waals surface area contributed by atoms with E-state index < -0.39 is 0 Å². The lowest BCUT2D eigenvalue weighted by molar-refractivity contribution is -0.120. The van der Waals surface area contributed by atoms with Gasteiger partial charge in [0.05, 0.1) is 12.5 Å². The summed E-state index contributed by atoms with van der Waals surface area (Å²) in [7, 11) is 0. The third-order valence-electron chi connectivity index (χ3n) is 3.28. The molecule has 1 aliphatic rings. The summed E-state index contributed by atoms with van der Waals surface area (Å²) in [5, 5.41) is 11.9. The van der Waals surface area contributed by atoms with Gasteiger partial charge in [-0.2, -0.15) is 0 Å². The predicted octanol–water partition coefficient (Wildman–Crippen LogP) is 1.24. The van der Waals surface area contributed by atoms with E-state index in [1.807, 2.05) is 18.2 Å². The van der Waals surface area contributed by atoms with Gasteiger partial charge in [0, 0.05) is 11.7 Å². The second kappa shape index (κ2) is 5.29. The molecule has 0 saturated heterocycles. The highest BCUT2D eigenvalue weighted by molar-refractivity contribution is 5.93. The monoisotopic (exact) mass is 234 g/mol. The minimum Gasteiger partial charge on any atom is -0.392 e. The molecule has 17 heavy (non-hydrogen) atoms. The minimum atomic E-state index is -0.0761. The number of carbonyl (C=O) groups is 1. The van der Waals surface area contributed by atoms with E-state index in [4.69, 9.17) is 10.8 Å². The number of aliphatic hydroxyl groups is 1. The Labute approximate surface area is 101 Å². The van der Waals surface area contributed by atoms with Crippen molar-refractivity contribution in [1.29, 1.82) is 0 Å². The summed E-state index contributed by atoms with van der Waals surface area (Å²) in [5.41, 5.74) is 7.40. The van der Waals surface area contributed by atoms with E-state index in [9.17, 15) is 4.79 Å². The van der Waals surface area contributed by atoms with Gasteiger partial charge in [-0.25, -0.2) is 0 Å². The molecule has 4 heteroatoms. The van der Waals surface area contributed by atoms with Crippen molar-refractivity contribution in [2.45, 2.75) is 31.9 Å². The van der Waals surface area contributed by atoms with E-state index >= 15 is 0 Å². The minimum absolute atomic E-state index is 0.00918. The highest BCUT2D eigenvalue weighted by Gasteiger charge is 2.30. The van der Waals surface area contributed by atoms with Crippen LogP contribution in [0, 0.1) is 5.92 Å². The SMILES string of the molecule is NC1CCCC1C(=O)Nc1cccc(CO)c1. The van der Waals surface area contributed by atoms with E-state index in [0.29, 0.717) is 0 Å². The zero-order valence-corrected chi connectivity index (χ0v) is 9.73. The fraction of sp³-hybridized carbons (Fsp3) is 0.462. The number of anilines is 1. The van der Waals surface area contributed by atoms with Crippen LogP contribution in [0.15, 0.2) is 24.3 Å². The van der Waals surface area contributed by atoms with Gasteiger partial charge in [0.1, 0.15) is 0 Å². The Morgan fingerprint density at radius 3 is 2.94 bits per heavy atom. The van der Waals surface area contributed by atoms with Crippen molar-refractivity contribution in [3.05, 3.63) is 29.8 Å². The first-order chi connectivity index (χ1) is 8.20. The van der Waals surface area contributed by atoms with E-state index in [0.717, 1.165) is 30.5 Å². The lowest BCUT2D eigenvalue weighted by atomic mass is 10.0. The van der Waals surface area contributed by atoms with Gasteiger partial charge < -0.3 is 16.2 Å².